The van der Waals surface area contributed by atoms with E-state index in [2.05, 4.69) is 34.5 Å². The molecule has 24 heavy (non-hydrogen) atoms. The lowest BCUT2D eigenvalue weighted by Crippen LogP contribution is -2.30. The van der Waals surface area contributed by atoms with Gasteiger partial charge in [-0.25, -0.2) is 4.39 Å². The molecule has 0 radical (unpaired) electrons. The molecule has 0 bridgehead atoms. The van der Waals surface area contributed by atoms with Gasteiger partial charge in [-0.3, -0.25) is 4.79 Å². The number of para-hydroxylation sites is 1. The summed E-state index contributed by atoms with van der Waals surface area (Å²) in [5, 5.41) is 3.13. The number of hydrogen-bond donors (Lipinski definition) is 1. The molecule has 1 heterocycles. The maximum Gasteiger partial charge on any atom is 0.224 e. The number of benzene rings is 2. The van der Waals surface area contributed by atoms with Crippen LogP contribution in [0.4, 0.5) is 10.1 Å². The summed E-state index contributed by atoms with van der Waals surface area (Å²) in [6, 6.07) is 12.9. The van der Waals surface area contributed by atoms with Crippen molar-refractivity contribution in [3.63, 3.8) is 0 Å². The first kappa shape index (κ1) is 16.8. The van der Waals surface area contributed by atoms with Crippen LogP contribution in [0.25, 0.3) is 0 Å². The topological polar surface area (TPSA) is 32.3 Å². The molecule has 5 heteroatoms. The Morgan fingerprint density at radius 2 is 2.04 bits per heavy atom. The minimum absolute atomic E-state index is 0.0297. The fraction of sp³-hybridized carbons (Fsp3) is 0.316. The maximum absolute atomic E-state index is 13.7. The van der Waals surface area contributed by atoms with Crippen LogP contribution in [0.15, 0.2) is 42.5 Å². The molecule has 0 fully saturated rings. The number of anilines is 1. The van der Waals surface area contributed by atoms with Crippen molar-refractivity contribution in [2.24, 2.45) is 0 Å². The van der Waals surface area contributed by atoms with Crippen LogP contribution in [0.1, 0.15) is 17.5 Å². The van der Waals surface area contributed by atoms with E-state index in [1.165, 1.54) is 23.4 Å². The van der Waals surface area contributed by atoms with Crippen LogP contribution in [-0.4, -0.2) is 25.5 Å². The number of carbonyl (C=O) groups is 1. The zero-order valence-electron chi connectivity index (χ0n) is 13.4. The summed E-state index contributed by atoms with van der Waals surface area (Å²) >= 11 is 5.94. The molecule has 0 saturated heterocycles. The van der Waals surface area contributed by atoms with Crippen molar-refractivity contribution in [3.8, 4) is 0 Å². The number of rotatable bonds is 6. The average molecular weight is 347 g/mol. The van der Waals surface area contributed by atoms with Crippen molar-refractivity contribution < 1.29 is 9.18 Å². The summed E-state index contributed by atoms with van der Waals surface area (Å²) in [6.07, 6.45) is 1.90. The second kappa shape index (κ2) is 7.67. The number of halogens is 2. The molecular formula is C19H20ClFN2O. The van der Waals surface area contributed by atoms with Crippen LogP contribution >= 0.6 is 11.6 Å². The van der Waals surface area contributed by atoms with E-state index in [0.29, 0.717) is 11.6 Å². The molecule has 3 rings (SSSR count). The van der Waals surface area contributed by atoms with Crippen molar-refractivity contribution >= 4 is 23.2 Å². The van der Waals surface area contributed by atoms with Gasteiger partial charge in [0.1, 0.15) is 5.82 Å². The van der Waals surface area contributed by atoms with Gasteiger partial charge in [0.25, 0.3) is 0 Å². The van der Waals surface area contributed by atoms with Gasteiger partial charge in [0, 0.05) is 35.9 Å². The smallest absolute Gasteiger partial charge is 0.224 e. The molecule has 1 aliphatic rings. The van der Waals surface area contributed by atoms with Crippen LogP contribution in [0.3, 0.4) is 0 Å². The van der Waals surface area contributed by atoms with Crippen LogP contribution in [0.2, 0.25) is 5.02 Å². The molecule has 1 amide bonds. The standard InChI is InChI=1S/C19H20ClFN2O/c20-16-6-3-7-17(21)15(16)13-19(24)22-10-4-11-23-12-9-14-5-1-2-8-18(14)23/h1-3,5-8H,4,9-13H2,(H,22,24). The Balaban J connectivity index is 1.43. The molecule has 0 saturated carbocycles. The summed E-state index contributed by atoms with van der Waals surface area (Å²) < 4.78 is 13.7. The number of nitrogens with zero attached hydrogens (tertiary/aromatic N) is 1. The SMILES string of the molecule is O=C(Cc1c(F)cccc1Cl)NCCCN1CCc2ccccc21. The predicted molar refractivity (Wildman–Crippen MR) is 95.1 cm³/mol. The normalized spacial score (nSPS) is 13.0. The fourth-order valence-corrected chi connectivity index (χ4v) is 3.29. The highest BCUT2D eigenvalue weighted by Gasteiger charge is 2.17. The fourth-order valence-electron chi connectivity index (χ4n) is 3.06. The van der Waals surface area contributed by atoms with Crippen molar-refractivity contribution in [1.82, 2.24) is 5.32 Å². The summed E-state index contributed by atoms with van der Waals surface area (Å²) in [5.41, 5.74) is 2.93. The quantitative estimate of drug-likeness (QED) is 0.811. The monoisotopic (exact) mass is 346 g/mol. The molecule has 0 atom stereocenters. The highest BCUT2D eigenvalue weighted by molar-refractivity contribution is 6.31. The number of hydrogen-bond acceptors (Lipinski definition) is 2. The third-order valence-corrected chi connectivity index (χ3v) is 4.66. The van der Waals surface area contributed by atoms with E-state index in [-0.39, 0.29) is 17.9 Å². The lowest BCUT2D eigenvalue weighted by molar-refractivity contribution is -0.120. The van der Waals surface area contributed by atoms with Gasteiger partial charge in [-0.15, -0.1) is 0 Å². The van der Waals surface area contributed by atoms with E-state index in [4.69, 9.17) is 11.6 Å². The van der Waals surface area contributed by atoms with E-state index in [0.717, 1.165) is 25.9 Å². The minimum Gasteiger partial charge on any atom is -0.371 e. The Labute approximate surface area is 146 Å². The third-order valence-electron chi connectivity index (χ3n) is 4.31. The molecule has 2 aromatic carbocycles. The molecule has 0 spiro atoms. The molecular weight excluding hydrogens is 327 g/mol. The van der Waals surface area contributed by atoms with Crippen LogP contribution < -0.4 is 10.2 Å². The summed E-state index contributed by atoms with van der Waals surface area (Å²) in [5.74, 6) is -0.643. The Kier molecular flexibility index (Phi) is 5.36. The van der Waals surface area contributed by atoms with Gasteiger partial charge in [-0.1, -0.05) is 35.9 Å². The average Bonchev–Trinajstić information content (AvgIpc) is 2.98. The number of nitrogens with one attached hydrogen (secondary N) is 1. The molecule has 126 valence electrons. The summed E-state index contributed by atoms with van der Waals surface area (Å²) in [7, 11) is 0. The second-order valence-corrected chi connectivity index (χ2v) is 6.35. The number of fused-ring (bicyclic) bond motifs is 1. The second-order valence-electron chi connectivity index (χ2n) is 5.95. The summed E-state index contributed by atoms with van der Waals surface area (Å²) in [6.45, 7) is 2.50. The minimum atomic E-state index is -0.439. The Morgan fingerprint density at radius 1 is 1.21 bits per heavy atom. The first-order valence-electron chi connectivity index (χ1n) is 8.17. The van der Waals surface area contributed by atoms with Crippen LogP contribution in [-0.2, 0) is 17.6 Å². The first-order chi connectivity index (χ1) is 11.6. The van der Waals surface area contributed by atoms with E-state index >= 15 is 0 Å². The zero-order chi connectivity index (χ0) is 16.9. The molecule has 3 nitrogen and oxygen atoms in total. The highest BCUT2D eigenvalue weighted by Crippen LogP contribution is 2.27. The molecule has 1 aliphatic heterocycles. The van der Waals surface area contributed by atoms with Gasteiger partial charge in [0.15, 0.2) is 0 Å². The molecule has 0 aromatic heterocycles. The number of carbonyl (C=O) groups excluding carboxylic acids is 1. The highest BCUT2D eigenvalue weighted by atomic mass is 35.5. The lowest BCUT2D eigenvalue weighted by Gasteiger charge is -2.19. The molecule has 0 aliphatic carbocycles. The molecule has 2 aromatic rings. The first-order valence-corrected chi connectivity index (χ1v) is 8.55. The van der Waals surface area contributed by atoms with E-state index in [1.54, 1.807) is 6.07 Å². The van der Waals surface area contributed by atoms with Crippen molar-refractivity contribution in [2.75, 3.05) is 24.5 Å². The van der Waals surface area contributed by atoms with Crippen molar-refractivity contribution in [3.05, 3.63) is 64.4 Å². The van der Waals surface area contributed by atoms with Gasteiger partial charge >= 0.3 is 0 Å². The Bertz CT molecular complexity index is 715. The third kappa shape index (κ3) is 3.88. The number of amides is 1. The maximum atomic E-state index is 13.7. The van der Waals surface area contributed by atoms with Gasteiger partial charge in [0.2, 0.25) is 5.91 Å². The predicted octanol–water partition coefficient (Wildman–Crippen LogP) is 3.59. The van der Waals surface area contributed by atoms with Gasteiger partial charge in [-0.2, -0.15) is 0 Å². The van der Waals surface area contributed by atoms with Crippen molar-refractivity contribution in [1.29, 1.82) is 0 Å². The Hall–Kier alpha value is -2.07. The van der Waals surface area contributed by atoms with Gasteiger partial charge < -0.3 is 10.2 Å². The summed E-state index contributed by atoms with van der Waals surface area (Å²) in [4.78, 5) is 14.3. The van der Waals surface area contributed by atoms with Crippen LogP contribution in [0.5, 0.6) is 0 Å². The lowest BCUT2D eigenvalue weighted by atomic mass is 10.1. The van der Waals surface area contributed by atoms with Crippen molar-refractivity contribution in [2.45, 2.75) is 19.3 Å². The molecule has 0 unspecified atom stereocenters. The largest absolute Gasteiger partial charge is 0.371 e. The zero-order valence-corrected chi connectivity index (χ0v) is 14.2. The van der Waals surface area contributed by atoms with Gasteiger partial charge in [-0.05, 0) is 36.6 Å². The van der Waals surface area contributed by atoms with E-state index < -0.39 is 5.82 Å². The van der Waals surface area contributed by atoms with E-state index in [1.807, 2.05) is 0 Å². The van der Waals surface area contributed by atoms with E-state index in [9.17, 15) is 9.18 Å². The van der Waals surface area contributed by atoms with Crippen LogP contribution in [0, 0.1) is 5.82 Å². The van der Waals surface area contributed by atoms with Gasteiger partial charge in [0.05, 0.1) is 6.42 Å². The molecule has 1 N–H and O–H groups in total. The Morgan fingerprint density at radius 3 is 2.88 bits per heavy atom.